The van der Waals surface area contributed by atoms with Crippen LogP contribution in [0.2, 0.25) is 0 Å². The van der Waals surface area contributed by atoms with Gasteiger partial charge in [-0.2, -0.15) is 0 Å². The lowest BCUT2D eigenvalue weighted by Gasteiger charge is -2.27. The highest BCUT2D eigenvalue weighted by Crippen LogP contribution is 2.13. The lowest BCUT2D eigenvalue weighted by molar-refractivity contribution is -0.118. The second kappa shape index (κ2) is 11.3. The standard InChI is InChI=1S/C21H30N2O5/c1-15(27-14-17-9-7-16(8-10-17)6-5-13-24)18(11-12-19(22)25)23-20(26)28-21(2,3)4/h7-10,15,18,24H,11-14H2,1-4H3,(H2,22,25)(H,23,26)/t15-,18+/m1/s1. The van der Waals surface area contributed by atoms with Crippen LogP contribution in [0.3, 0.4) is 0 Å². The van der Waals surface area contributed by atoms with Crippen molar-refractivity contribution in [2.24, 2.45) is 5.73 Å². The molecule has 0 aliphatic heterocycles. The van der Waals surface area contributed by atoms with Crippen molar-refractivity contribution >= 4 is 12.0 Å². The summed E-state index contributed by atoms with van der Waals surface area (Å²) in [6.07, 6.45) is -0.442. The minimum atomic E-state index is -0.622. The van der Waals surface area contributed by atoms with Crippen LogP contribution in [0.25, 0.3) is 0 Å². The number of rotatable bonds is 8. The molecule has 0 aliphatic carbocycles. The molecule has 1 rings (SSSR count). The lowest BCUT2D eigenvalue weighted by Crippen LogP contribution is -2.45. The van der Waals surface area contributed by atoms with Crippen molar-refractivity contribution in [3.63, 3.8) is 0 Å². The third kappa shape index (κ3) is 9.95. The van der Waals surface area contributed by atoms with Crippen LogP contribution >= 0.6 is 0 Å². The average molecular weight is 390 g/mol. The van der Waals surface area contributed by atoms with Gasteiger partial charge < -0.3 is 25.6 Å². The summed E-state index contributed by atoms with van der Waals surface area (Å²) in [5.74, 6) is 4.98. The third-order valence-corrected chi connectivity index (χ3v) is 3.75. The summed E-state index contributed by atoms with van der Waals surface area (Å²) in [5.41, 5.74) is 6.35. The Balaban J connectivity index is 2.67. The summed E-state index contributed by atoms with van der Waals surface area (Å²) in [6.45, 7) is 7.31. The number of primary amides is 1. The van der Waals surface area contributed by atoms with Gasteiger partial charge in [0, 0.05) is 12.0 Å². The minimum Gasteiger partial charge on any atom is -0.444 e. The van der Waals surface area contributed by atoms with Crippen LogP contribution in [0, 0.1) is 11.8 Å². The van der Waals surface area contributed by atoms with Crippen LogP contribution in [0.1, 0.15) is 51.7 Å². The van der Waals surface area contributed by atoms with E-state index in [0.717, 1.165) is 11.1 Å². The lowest BCUT2D eigenvalue weighted by atomic mass is 10.1. The van der Waals surface area contributed by atoms with Crippen molar-refractivity contribution in [3.05, 3.63) is 35.4 Å². The van der Waals surface area contributed by atoms with E-state index in [0.29, 0.717) is 13.0 Å². The Morgan fingerprint density at radius 3 is 2.43 bits per heavy atom. The van der Waals surface area contributed by atoms with Gasteiger partial charge in [0.05, 0.1) is 18.8 Å². The van der Waals surface area contributed by atoms with E-state index in [4.69, 9.17) is 20.3 Å². The summed E-state index contributed by atoms with van der Waals surface area (Å²) in [5, 5.41) is 11.5. The second-order valence-electron chi connectivity index (χ2n) is 7.43. The highest BCUT2D eigenvalue weighted by atomic mass is 16.6. The van der Waals surface area contributed by atoms with Crippen molar-refractivity contribution in [2.45, 2.75) is 64.9 Å². The van der Waals surface area contributed by atoms with Crippen LogP contribution in [0.4, 0.5) is 4.79 Å². The second-order valence-corrected chi connectivity index (χ2v) is 7.43. The summed E-state index contributed by atoms with van der Waals surface area (Å²) < 4.78 is 11.2. The van der Waals surface area contributed by atoms with E-state index in [9.17, 15) is 9.59 Å². The first kappa shape index (κ1) is 23.5. The number of hydrogen-bond acceptors (Lipinski definition) is 5. The highest BCUT2D eigenvalue weighted by molar-refractivity contribution is 5.74. The molecule has 4 N–H and O–H groups in total. The van der Waals surface area contributed by atoms with Gasteiger partial charge >= 0.3 is 6.09 Å². The van der Waals surface area contributed by atoms with Crippen LogP contribution in [0.15, 0.2) is 24.3 Å². The van der Waals surface area contributed by atoms with Gasteiger partial charge in [0.25, 0.3) is 0 Å². The molecule has 0 bridgehead atoms. The normalized spacial score (nSPS) is 13.0. The van der Waals surface area contributed by atoms with Crippen molar-refractivity contribution < 1.29 is 24.2 Å². The Labute approximate surface area is 166 Å². The zero-order valence-electron chi connectivity index (χ0n) is 17.0. The molecule has 0 fully saturated rings. The van der Waals surface area contributed by atoms with E-state index < -0.39 is 23.6 Å². The van der Waals surface area contributed by atoms with Gasteiger partial charge in [0.15, 0.2) is 0 Å². The first-order valence-corrected chi connectivity index (χ1v) is 9.19. The molecule has 0 saturated carbocycles. The number of nitrogens with one attached hydrogen (secondary N) is 1. The molecule has 0 radical (unpaired) electrons. The van der Waals surface area contributed by atoms with E-state index in [-0.39, 0.29) is 19.1 Å². The fourth-order valence-electron chi connectivity index (χ4n) is 2.35. The molecule has 7 heteroatoms. The van der Waals surface area contributed by atoms with E-state index >= 15 is 0 Å². The number of hydrogen-bond donors (Lipinski definition) is 3. The Hall–Kier alpha value is -2.56. The Morgan fingerprint density at radius 2 is 1.89 bits per heavy atom. The Kier molecular flexibility index (Phi) is 9.49. The quantitative estimate of drug-likeness (QED) is 0.589. The minimum absolute atomic E-state index is 0.131. The van der Waals surface area contributed by atoms with Gasteiger partial charge in [-0.25, -0.2) is 4.79 Å². The molecule has 2 amide bonds. The number of benzene rings is 1. The molecule has 0 spiro atoms. The number of carbonyl (C=O) groups excluding carboxylic acids is 2. The number of aliphatic hydroxyl groups excluding tert-OH is 1. The molecule has 28 heavy (non-hydrogen) atoms. The average Bonchev–Trinajstić information content (AvgIpc) is 2.60. The van der Waals surface area contributed by atoms with Crippen LogP contribution in [0.5, 0.6) is 0 Å². The largest absolute Gasteiger partial charge is 0.444 e. The monoisotopic (exact) mass is 390 g/mol. The topological polar surface area (TPSA) is 111 Å². The van der Waals surface area contributed by atoms with E-state index in [1.165, 1.54) is 0 Å². The fourth-order valence-corrected chi connectivity index (χ4v) is 2.35. The molecule has 1 aromatic rings. The molecule has 0 aliphatic rings. The number of ether oxygens (including phenoxy) is 2. The van der Waals surface area contributed by atoms with Crippen LogP contribution in [-0.2, 0) is 20.9 Å². The smallest absolute Gasteiger partial charge is 0.407 e. The summed E-state index contributed by atoms with van der Waals surface area (Å²) in [7, 11) is 0. The molecule has 7 nitrogen and oxygen atoms in total. The summed E-state index contributed by atoms with van der Waals surface area (Å²) >= 11 is 0. The van der Waals surface area contributed by atoms with Gasteiger partial charge in [-0.1, -0.05) is 24.0 Å². The van der Waals surface area contributed by atoms with Gasteiger partial charge in [-0.15, -0.1) is 0 Å². The van der Waals surface area contributed by atoms with Crippen molar-refractivity contribution in [1.29, 1.82) is 0 Å². The molecule has 1 aromatic carbocycles. The first-order valence-electron chi connectivity index (χ1n) is 9.19. The van der Waals surface area contributed by atoms with Gasteiger partial charge in [-0.3, -0.25) is 4.79 Å². The predicted molar refractivity (Wildman–Crippen MR) is 106 cm³/mol. The Morgan fingerprint density at radius 1 is 1.25 bits per heavy atom. The van der Waals surface area contributed by atoms with Gasteiger partial charge in [0.1, 0.15) is 12.2 Å². The molecule has 0 heterocycles. The van der Waals surface area contributed by atoms with Crippen LogP contribution in [-0.4, -0.2) is 41.5 Å². The molecule has 2 atom stereocenters. The van der Waals surface area contributed by atoms with Crippen molar-refractivity contribution in [3.8, 4) is 11.8 Å². The number of aliphatic hydroxyl groups is 1. The number of carbonyl (C=O) groups is 2. The van der Waals surface area contributed by atoms with Crippen molar-refractivity contribution in [2.75, 3.05) is 6.61 Å². The van der Waals surface area contributed by atoms with Gasteiger partial charge in [0.2, 0.25) is 5.91 Å². The first-order chi connectivity index (χ1) is 13.1. The van der Waals surface area contributed by atoms with Gasteiger partial charge in [-0.05, 0) is 51.8 Å². The van der Waals surface area contributed by atoms with E-state index in [1.807, 2.05) is 31.2 Å². The van der Waals surface area contributed by atoms with E-state index in [2.05, 4.69) is 17.2 Å². The molecular weight excluding hydrogens is 360 g/mol. The maximum atomic E-state index is 12.1. The maximum Gasteiger partial charge on any atom is 0.407 e. The SMILES string of the molecule is C[C@@H](OCc1ccc(C#CCO)cc1)[C@H](CCC(N)=O)NC(=O)OC(C)(C)C. The predicted octanol–water partition coefficient (Wildman–Crippen LogP) is 2.09. The van der Waals surface area contributed by atoms with E-state index in [1.54, 1.807) is 20.8 Å². The van der Waals surface area contributed by atoms with Crippen molar-refractivity contribution in [1.82, 2.24) is 5.32 Å². The maximum absolute atomic E-state index is 12.1. The molecule has 0 unspecified atom stereocenters. The molecule has 0 saturated heterocycles. The fraction of sp³-hybridized carbons (Fsp3) is 0.524. The summed E-state index contributed by atoms with van der Waals surface area (Å²) in [4.78, 5) is 23.2. The number of amides is 2. The Bertz CT molecular complexity index is 698. The molecule has 0 aromatic heterocycles. The zero-order chi connectivity index (χ0) is 21.2. The number of nitrogens with two attached hydrogens (primary N) is 1. The highest BCUT2D eigenvalue weighted by Gasteiger charge is 2.24. The third-order valence-electron chi connectivity index (χ3n) is 3.75. The summed E-state index contributed by atoms with van der Waals surface area (Å²) in [6, 6.07) is 7.03. The van der Waals surface area contributed by atoms with Crippen LogP contribution < -0.4 is 11.1 Å². The molecular formula is C21H30N2O5. The zero-order valence-corrected chi connectivity index (χ0v) is 17.0. The molecule has 154 valence electrons. The number of alkyl carbamates (subject to hydrolysis) is 1.